The normalized spacial score (nSPS) is 9.60. The van der Waals surface area contributed by atoms with Crippen molar-refractivity contribution in [1.82, 2.24) is 9.97 Å². The summed E-state index contributed by atoms with van der Waals surface area (Å²) in [5.74, 6) is 0.604. The van der Waals surface area contributed by atoms with Gasteiger partial charge in [0.2, 0.25) is 0 Å². The molecule has 0 bridgehead atoms. The van der Waals surface area contributed by atoms with Gasteiger partial charge in [-0.3, -0.25) is 0 Å². The van der Waals surface area contributed by atoms with Gasteiger partial charge in [-0.25, -0.2) is 9.97 Å². The first-order chi connectivity index (χ1) is 7.31. The Bertz CT molecular complexity index is 526. The Hall–Kier alpha value is -2.21. The van der Waals surface area contributed by atoms with Crippen LogP contribution in [0.3, 0.4) is 0 Å². The number of aryl methyl sites for hydroxylation is 1. The molecule has 1 aromatic heterocycles. The van der Waals surface area contributed by atoms with Crippen molar-refractivity contribution in [3.8, 4) is 17.5 Å². The molecule has 0 unspecified atom stereocenters. The van der Waals surface area contributed by atoms with Gasteiger partial charge in [0.05, 0.1) is 11.6 Å². The predicted molar refractivity (Wildman–Crippen MR) is 56.9 cm³/mol. The molecule has 0 saturated carbocycles. The minimum Gasteiger partial charge on any atom is -0.237 e. The lowest BCUT2D eigenvalue weighted by molar-refractivity contribution is 1.11. The second-order valence-electron chi connectivity index (χ2n) is 3.18. The van der Waals surface area contributed by atoms with E-state index in [1.807, 2.05) is 31.2 Å². The van der Waals surface area contributed by atoms with Crippen LogP contribution in [0.5, 0.6) is 0 Å². The zero-order chi connectivity index (χ0) is 10.7. The average molecular weight is 195 g/mol. The summed E-state index contributed by atoms with van der Waals surface area (Å²) >= 11 is 0. The number of rotatable bonds is 1. The quantitative estimate of drug-likeness (QED) is 0.701. The van der Waals surface area contributed by atoms with Crippen LogP contribution in [0.1, 0.15) is 11.3 Å². The van der Waals surface area contributed by atoms with Gasteiger partial charge >= 0.3 is 0 Å². The largest absolute Gasteiger partial charge is 0.237 e. The van der Waals surface area contributed by atoms with Crippen LogP contribution in [0.2, 0.25) is 0 Å². The summed E-state index contributed by atoms with van der Waals surface area (Å²) in [7, 11) is 0. The summed E-state index contributed by atoms with van der Waals surface area (Å²) < 4.78 is 0. The van der Waals surface area contributed by atoms with E-state index in [4.69, 9.17) is 5.26 Å². The molecule has 0 N–H and O–H groups in total. The predicted octanol–water partition coefficient (Wildman–Crippen LogP) is 2.32. The summed E-state index contributed by atoms with van der Waals surface area (Å²) in [5, 5.41) is 8.94. The van der Waals surface area contributed by atoms with E-state index in [9.17, 15) is 0 Å². The summed E-state index contributed by atoms with van der Waals surface area (Å²) in [4.78, 5) is 8.45. The summed E-state index contributed by atoms with van der Waals surface area (Å²) in [6.45, 7) is 1.90. The van der Waals surface area contributed by atoms with E-state index in [0.29, 0.717) is 11.4 Å². The molecule has 72 valence electrons. The molecule has 3 nitrogen and oxygen atoms in total. The molecule has 2 aromatic rings. The fourth-order valence-corrected chi connectivity index (χ4v) is 1.35. The van der Waals surface area contributed by atoms with Gasteiger partial charge in [-0.15, -0.1) is 0 Å². The second kappa shape index (κ2) is 3.89. The van der Waals surface area contributed by atoms with Gasteiger partial charge in [-0.1, -0.05) is 12.1 Å². The Morgan fingerprint density at radius 2 is 2.00 bits per heavy atom. The van der Waals surface area contributed by atoms with Crippen LogP contribution < -0.4 is 0 Å². The van der Waals surface area contributed by atoms with Crippen LogP contribution in [-0.4, -0.2) is 9.97 Å². The minimum atomic E-state index is 0.600. The van der Waals surface area contributed by atoms with Crippen molar-refractivity contribution in [2.45, 2.75) is 6.92 Å². The van der Waals surface area contributed by atoms with Crippen molar-refractivity contribution in [3.63, 3.8) is 0 Å². The molecular weight excluding hydrogens is 186 g/mol. The van der Waals surface area contributed by atoms with Gasteiger partial charge in [-0.05, 0) is 25.1 Å². The molecule has 0 aliphatic heterocycles. The minimum absolute atomic E-state index is 0.600. The number of nitriles is 1. The van der Waals surface area contributed by atoms with Crippen molar-refractivity contribution in [1.29, 1.82) is 5.26 Å². The molecule has 0 radical (unpaired) electrons. The lowest BCUT2D eigenvalue weighted by Crippen LogP contribution is -1.92. The maximum absolute atomic E-state index is 8.94. The maximum atomic E-state index is 8.94. The van der Waals surface area contributed by atoms with E-state index in [1.165, 1.54) is 0 Å². The third kappa shape index (κ3) is 1.84. The molecule has 15 heavy (non-hydrogen) atoms. The highest BCUT2D eigenvalue weighted by molar-refractivity contribution is 5.64. The van der Waals surface area contributed by atoms with Crippen LogP contribution in [0, 0.1) is 18.3 Å². The first kappa shape index (κ1) is 9.35. The molecule has 0 atom stereocenters. The van der Waals surface area contributed by atoms with Crippen molar-refractivity contribution in [3.05, 3.63) is 47.8 Å². The topological polar surface area (TPSA) is 49.6 Å². The first-order valence-corrected chi connectivity index (χ1v) is 4.60. The lowest BCUT2D eigenvalue weighted by Gasteiger charge is -2.02. The van der Waals surface area contributed by atoms with E-state index < -0.39 is 0 Å². The van der Waals surface area contributed by atoms with E-state index in [-0.39, 0.29) is 0 Å². The number of aromatic nitrogens is 2. The van der Waals surface area contributed by atoms with Gasteiger partial charge in [-0.2, -0.15) is 5.26 Å². The van der Waals surface area contributed by atoms with Crippen molar-refractivity contribution in [2.75, 3.05) is 0 Å². The van der Waals surface area contributed by atoms with Gasteiger partial charge in [0.25, 0.3) is 0 Å². The van der Waals surface area contributed by atoms with E-state index in [2.05, 4.69) is 16.0 Å². The molecule has 0 fully saturated rings. The first-order valence-electron chi connectivity index (χ1n) is 4.60. The molecule has 3 heteroatoms. The molecule has 0 spiro atoms. The molecule has 1 aromatic carbocycles. The Morgan fingerprint density at radius 3 is 2.73 bits per heavy atom. The summed E-state index contributed by atoms with van der Waals surface area (Å²) in [6.07, 6.45) is 1.70. The number of nitrogens with zero attached hydrogens (tertiary/aromatic N) is 3. The SMILES string of the molecule is Cc1ccnc(-c2ccccc2C#N)n1. The van der Waals surface area contributed by atoms with Crippen molar-refractivity contribution >= 4 is 0 Å². The number of hydrogen-bond acceptors (Lipinski definition) is 3. The Morgan fingerprint density at radius 1 is 1.20 bits per heavy atom. The Labute approximate surface area is 88.1 Å². The summed E-state index contributed by atoms with van der Waals surface area (Å²) in [5.41, 5.74) is 2.28. The number of benzene rings is 1. The standard InChI is InChI=1S/C12H9N3/c1-9-6-7-14-12(15-9)11-5-3-2-4-10(11)8-13/h2-7H,1H3. The highest BCUT2D eigenvalue weighted by atomic mass is 14.9. The van der Waals surface area contributed by atoms with E-state index in [0.717, 1.165) is 11.3 Å². The molecule has 2 rings (SSSR count). The third-order valence-electron chi connectivity index (χ3n) is 2.08. The Balaban J connectivity index is 2.60. The van der Waals surface area contributed by atoms with Crippen LogP contribution in [-0.2, 0) is 0 Å². The molecule has 1 heterocycles. The van der Waals surface area contributed by atoms with Gasteiger partial charge < -0.3 is 0 Å². The van der Waals surface area contributed by atoms with E-state index >= 15 is 0 Å². The average Bonchev–Trinajstić information content (AvgIpc) is 2.29. The molecule has 0 aliphatic carbocycles. The Kier molecular flexibility index (Phi) is 2.42. The zero-order valence-corrected chi connectivity index (χ0v) is 8.31. The molecule has 0 aliphatic rings. The smallest absolute Gasteiger partial charge is 0.160 e. The molecule has 0 saturated heterocycles. The van der Waals surface area contributed by atoms with Gasteiger partial charge in [0, 0.05) is 17.5 Å². The highest BCUT2D eigenvalue weighted by Gasteiger charge is 2.05. The fraction of sp³-hybridized carbons (Fsp3) is 0.0833. The van der Waals surface area contributed by atoms with Crippen molar-refractivity contribution in [2.24, 2.45) is 0 Å². The zero-order valence-electron chi connectivity index (χ0n) is 8.31. The molecular formula is C12H9N3. The fourth-order valence-electron chi connectivity index (χ4n) is 1.35. The van der Waals surface area contributed by atoms with Gasteiger partial charge in [0.15, 0.2) is 5.82 Å². The van der Waals surface area contributed by atoms with Gasteiger partial charge in [0.1, 0.15) is 0 Å². The molecule has 0 amide bonds. The maximum Gasteiger partial charge on any atom is 0.160 e. The number of hydrogen-bond donors (Lipinski definition) is 0. The van der Waals surface area contributed by atoms with Crippen LogP contribution in [0.15, 0.2) is 36.5 Å². The van der Waals surface area contributed by atoms with Crippen LogP contribution in [0.4, 0.5) is 0 Å². The lowest BCUT2D eigenvalue weighted by atomic mass is 10.1. The highest BCUT2D eigenvalue weighted by Crippen LogP contribution is 2.18. The van der Waals surface area contributed by atoms with E-state index in [1.54, 1.807) is 12.3 Å². The van der Waals surface area contributed by atoms with Crippen molar-refractivity contribution < 1.29 is 0 Å². The monoisotopic (exact) mass is 195 g/mol. The summed E-state index contributed by atoms with van der Waals surface area (Å²) in [6, 6.07) is 11.3. The van der Waals surface area contributed by atoms with Crippen LogP contribution in [0.25, 0.3) is 11.4 Å². The second-order valence-corrected chi connectivity index (χ2v) is 3.18. The third-order valence-corrected chi connectivity index (χ3v) is 2.08. The van der Waals surface area contributed by atoms with Crippen LogP contribution >= 0.6 is 0 Å².